The molecular formula is C13H15NO6. The van der Waals surface area contributed by atoms with Crippen LogP contribution in [0.3, 0.4) is 0 Å². The highest BCUT2D eigenvalue weighted by Gasteiger charge is 2.29. The molecule has 1 unspecified atom stereocenters. The summed E-state index contributed by atoms with van der Waals surface area (Å²) in [5.41, 5.74) is 0.697. The molecule has 0 heterocycles. The average molecular weight is 281 g/mol. The first kappa shape index (κ1) is 15.6. The number of aliphatic carboxylic acids is 1. The maximum Gasteiger partial charge on any atom is 0.320 e. The summed E-state index contributed by atoms with van der Waals surface area (Å²) in [6, 6.07) is 4.36. The zero-order chi connectivity index (χ0) is 15.3. The van der Waals surface area contributed by atoms with Gasteiger partial charge in [0.1, 0.15) is 0 Å². The molecule has 0 radical (unpaired) electrons. The zero-order valence-corrected chi connectivity index (χ0v) is 11.2. The molecule has 0 aliphatic heterocycles. The van der Waals surface area contributed by atoms with Gasteiger partial charge in [0.2, 0.25) is 0 Å². The molecular weight excluding hydrogens is 266 g/mol. The van der Waals surface area contributed by atoms with Crippen LogP contribution in [0.25, 0.3) is 0 Å². The van der Waals surface area contributed by atoms with Crippen LogP contribution >= 0.6 is 0 Å². The summed E-state index contributed by atoms with van der Waals surface area (Å²) < 4.78 is 4.70. The minimum atomic E-state index is -1.37. The van der Waals surface area contributed by atoms with Crippen LogP contribution in [0.1, 0.15) is 18.1 Å². The van der Waals surface area contributed by atoms with E-state index in [4.69, 9.17) is 9.84 Å². The third-order valence-electron chi connectivity index (χ3n) is 2.91. The number of rotatable bonds is 6. The van der Waals surface area contributed by atoms with E-state index in [1.165, 1.54) is 19.1 Å². The lowest BCUT2D eigenvalue weighted by Gasteiger charge is -2.12. The minimum Gasteiger partial charge on any atom is -0.481 e. The van der Waals surface area contributed by atoms with Gasteiger partial charge >= 0.3 is 11.9 Å². The molecule has 7 heteroatoms. The Kier molecular flexibility index (Phi) is 5.19. The molecule has 1 N–H and O–H groups in total. The van der Waals surface area contributed by atoms with Crippen molar-refractivity contribution in [2.24, 2.45) is 5.92 Å². The van der Waals surface area contributed by atoms with Crippen LogP contribution in [0.15, 0.2) is 18.2 Å². The molecule has 108 valence electrons. The Morgan fingerprint density at radius 2 is 2.10 bits per heavy atom. The molecule has 0 aliphatic carbocycles. The van der Waals surface area contributed by atoms with Gasteiger partial charge in [-0.1, -0.05) is 12.1 Å². The molecule has 1 atom stereocenters. The van der Waals surface area contributed by atoms with Gasteiger partial charge in [0.15, 0.2) is 5.92 Å². The van der Waals surface area contributed by atoms with E-state index in [0.717, 1.165) is 0 Å². The fourth-order valence-corrected chi connectivity index (χ4v) is 1.82. The van der Waals surface area contributed by atoms with Gasteiger partial charge in [-0.25, -0.2) is 0 Å². The number of carbonyl (C=O) groups excluding carboxylic acids is 1. The Balaban J connectivity index is 3.06. The van der Waals surface area contributed by atoms with Gasteiger partial charge in [-0.05, 0) is 25.8 Å². The van der Waals surface area contributed by atoms with E-state index in [0.29, 0.717) is 11.1 Å². The molecule has 1 rings (SSSR count). The van der Waals surface area contributed by atoms with Crippen LogP contribution in [0, 0.1) is 23.0 Å². The summed E-state index contributed by atoms with van der Waals surface area (Å²) in [7, 11) is 0. The van der Waals surface area contributed by atoms with E-state index >= 15 is 0 Å². The molecule has 1 aromatic carbocycles. The number of nitro groups is 1. The van der Waals surface area contributed by atoms with E-state index in [9.17, 15) is 19.7 Å². The van der Waals surface area contributed by atoms with Gasteiger partial charge in [0.25, 0.3) is 5.69 Å². The summed E-state index contributed by atoms with van der Waals surface area (Å²) in [5.74, 6) is -3.52. The number of hydrogen-bond acceptors (Lipinski definition) is 5. The molecule has 1 aromatic rings. The number of nitrogens with zero attached hydrogens (tertiary/aromatic N) is 1. The smallest absolute Gasteiger partial charge is 0.320 e. The Hall–Kier alpha value is -2.44. The number of nitro benzene ring substituents is 1. The van der Waals surface area contributed by atoms with Crippen molar-refractivity contribution in [2.75, 3.05) is 6.61 Å². The maximum absolute atomic E-state index is 11.6. The minimum absolute atomic E-state index is 0.0799. The van der Waals surface area contributed by atoms with Gasteiger partial charge in [-0.2, -0.15) is 0 Å². The fourth-order valence-electron chi connectivity index (χ4n) is 1.82. The normalized spacial score (nSPS) is 11.7. The van der Waals surface area contributed by atoms with E-state index in [-0.39, 0.29) is 18.7 Å². The second kappa shape index (κ2) is 6.65. The lowest BCUT2D eigenvalue weighted by molar-refractivity contribution is -0.385. The summed E-state index contributed by atoms with van der Waals surface area (Å²) in [6.45, 7) is 3.18. The van der Waals surface area contributed by atoms with Crippen molar-refractivity contribution < 1.29 is 24.4 Å². The topological polar surface area (TPSA) is 107 Å². The number of carbonyl (C=O) groups is 2. The highest BCUT2D eigenvalue weighted by atomic mass is 16.6. The molecule has 0 saturated carbocycles. The molecule has 7 nitrogen and oxygen atoms in total. The number of carboxylic acids is 1. The SMILES string of the molecule is CCOC(=O)C(Cc1cccc([N+](=O)[O-])c1C)C(=O)O. The van der Waals surface area contributed by atoms with Crippen LogP contribution in [0.2, 0.25) is 0 Å². The molecule has 20 heavy (non-hydrogen) atoms. The van der Waals surface area contributed by atoms with Gasteiger partial charge in [-0.3, -0.25) is 19.7 Å². The number of benzene rings is 1. The van der Waals surface area contributed by atoms with Crippen molar-refractivity contribution >= 4 is 17.6 Å². The molecule has 0 amide bonds. The first-order valence-electron chi connectivity index (χ1n) is 6.00. The number of carboxylic acid groups (broad SMARTS) is 1. The second-order valence-electron chi connectivity index (χ2n) is 4.17. The lowest BCUT2D eigenvalue weighted by atomic mass is 9.95. The molecule has 0 bridgehead atoms. The summed E-state index contributed by atoms with van der Waals surface area (Å²) >= 11 is 0. The lowest BCUT2D eigenvalue weighted by Crippen LogP contribution is -2.28. The average Bonchev–Trinajstić information content (AvgIpc) is 2.36. The monoisotopic (exact) mass is 281 g/mol. The van der Waals surface area contributed by atoms with E-state index in [1.54, 1.807) is 13.0 Å². The maximum atomic E-state index is 11.6. The largest absolute Gasteiger partial charge is 0.481 e. The molecule has 0 aliphatic rings. The molecule has 0 aromatic heterocycles. The van der Waals surface area contributed by atoms with Crippen molar-refractivity contribution in [2.45, 2.75) is 20.3 Å². The summed E-state index contributed by atoms with van der Waals surface area (Å²) in [6.07, 6.45) is -0.137. The molecule has 0 saturated heterocycles. The first-order chi connectivity index (χ1) is 9.38. The van der Waals surface area contributed by atoms with Crippen molar-refractivity contribution in [3.8, 4) is 0 Å². The van der Waals surface area contributed by atoms with Crippen LogP contribution in [0.5, 0.6) is 0 Å². The van der Waals surface area contributed by atoms with Gasteiger partial charge in [0.05, 0.1) is 11.5 Å². The Bertz CT molecular complexity index is 540. The predicted octanol–water partition coefficient (Wildman–Crippen LogP) is 1.71. The zero-order valence-electron chi connectivity index (χ0n) is 11.2. The van der Waals surface area contributed by atoms with Crippen molar-refractivity contribution in [3.63, 3.8) is 0 Å². The predicted molar refractivity (Wildman–Crippen MR) is 69.3 cm³/mol. The van der Waals surface area contributed by atoms with Crippen LogP contribution in [-0.2, 0) is 20.7 Å². The van der Waals surface area contributed by atoms with Crippen LogP contribution < -0.4 is 0 Å². The van der Waals surface area contributed by atoms with E-state index in [1.807, 2.05) is 0 Å². The highest BCUT2D eigenvalue weighted by Crippen LogP contribution is 2.23. The molecule has 0 spiro atoms. The van der Waals surface area contributed by atoms with E-state index < -0.39 is 22.8 Å². The highest BCUT2D eigenvalue weighted by molar-refractivity contribution is 5.94. The fraction of sp³-hybridized carbons (Fsp3) is 0.385. The third-order valence-corrected chi connectivity index (χ3v) is 2.91. The van der Waals surface area contributed by atoms with Crippen molar-refractivity contribution in [1.29, 1.82) is 0 Å². The van der Waals surface area contributed by atoms with Gasteiger partial charge < -0.3 is 9.84 Å². The van der Waals surface area contributed by atoms with Crippen molar-refractivity contribution in [1.82, 2.24) is 0 Å². The Morgan fingerprint density at radius 1 is 1.45 bits per heavy atom. The number of esters is 1. The summed E-state index contributed by atoms with van der Waals surface area (Å²) in [5, 5.41) is 19.9. The van der Waals surface area contributed by atoms with E-state index in [2.05, 4.69) is 0 Å². The van der Waals surface area contributed by atoms with Crippen molar-refractivity contribution in [3.05, 3.63) is 39.4 Å². The van der Waals surface area contributed by atoms with Gasteiger partial charge in [0, 0.05) is 11.6 Å². The summed E-state index contributed by atoms with van der Waals surface area (Å²) in [4.78, 5) is 33.0. The Morgan fingerprint density at radius 3 is 2.60 bits per heavy atom. The van der Waals surface area contributed by atoms with Crippen LogP contribution in [0.4, 0.5) is 5.69 Å². The quantitative estimate of drug-likeness (QED) is 0.368. The standard InChI is InChI=1S/C13H15NO6/c1-3-20-13(17)10(12(15)16)7-9-5-4-6-11(8(9)2)14(18)19/h4-6,10H,3,7H2,1-2H3,(H,15,16). The van der Waals surface area contributed by atoms with Gasteiger partial charge in [-0.15, -0.1) is 0 Å². The second-order valence-corrected chi connectivity index (χ2v) is 4.17. The third kappa shape index (κ3) is 3.53. The first-order valence-corrected chi connectivity index (χ1v) is 6.00. The molecule has 0 fully saturated rings. The van der Waals surface area contributed by atoms with Crippen LogP contribution in [-0.4, -0.2) is 28.6 Å². The Labute approximate surface area is 115 Å². The number of hydrogen-bond donors (Lipinski definition) is 1. The number of ether oxygens (including phenoxy) is 1.